The van der Waals surface area contributed by atoms with Gasteiger partial charge in [0.1, 0.15) is 0 Å². The third-order valence-corrected chi connectivity index (χ3v) is 8.84. The summed E-state index contributed by atoms with van der Waals surface area (Å²) in [5.74, 6) is 0. The molecule has 11 heavy (non-hydrogen) atoms. The highest BCUT2D eigenvalue weighted by atomic mass is 79.9. The molecule has 0 saturated carbocycles. The Morgan fingerprint density at radius 2 is 1.82 bits per heavy atom. The van der Waals surface area contributed by atoms with Crippen molar-refractivity contribution < 1.29 is 4.43 Å². The van der Waals surface area contributed by atoms with Gasteiger partial charge in [-0.05, 0) is 25.1 Å². The Bertz CT molecular complexity index is 123. The quantitative estimate of drug-likeness (QED) is 0.539. The van der Waals surface area contributed by atoms with E-state index >= 15 is 0 Å². The van der Waals surface area contributed by atoms with E-state index in [2.05, 4.69) is 49.8 Å². The number of rotatable bonds is 4. The molecule has 3 heteroatoms. The van der Waals surface area contributed by atoms with Crippen molar-refractivity contribution in [1.29, 1.82) is 0 Å². The zero-order valence-electron chi connectivity index (χ0n) is 8.20. The minimum Gasteiger partial charge on any atom is -0.417 e. The lowest BCUT2D eigenvalue weighted by Crippen LogP contribution is -2.43. The number of halogens is 1. The topological polar surface area (TPSA) is 9.23 Å². The van der Waals surface area contributed by atoms with Gasteiger partial charge < -0.3 is 4.43 Å². The van der Waals surface area contributed by atoms with Gasteiger partial charge in [0, 0.05) is 11.9 Å². The van der Waals surface area contributed by atoms with E-state index in [-0.39, 0.29) is 0 Å². The standard InChI is InChI=1S/C8H19BrOSi/c1-6-10-11(4,5)8(2,3)7-9/h6-7H2,1-5H3. The zero-order valence-corrected chi connectivity index (χ0v) is 10.8. The van der Waals surface area contributed by atoms with E-state index in [4.69, 9.17) is 4.43 Å². The molecule has 68 valence electrons. The van der Waals surface area contributed by atoms with Gasteiger partial charge in [-0.15, -0.1) is 0 Å². The normalized spacial score (nSPS) is 13.6. The fourth-order valence-electron chi connectivity index (χ4n) is 0.717. The molecule has 0 aromatic carbocycles. The Labute approximate surface area is 79.8 Å². The third-order valence-electron chi connectivity index (χ3n) is 2.47. The Morgan fingerprint density at radius 3 is 2.09 bits per heavy atom. The first-order valence-corrected chi connectivity index (χ1v) is 8.10. The van der Waals surface area contributed by atoms with Crippen molar-refractivity contribution in [3.05, 3.63) is 0 Å². The molecule has 0 bridgehead atoms. The summed E-state index contributed by atoms with van der Waals surface area (Å²) in [7, 11) is -1.48. The maximum absolute atomic E-state index is 5.79. The predicted octanol–water partition coefficient (Wildman–Crippen LogP) is 3.40. The van der Waals surface area contributed by atoms with Crippen LogP contribution in [0.4, 0.5) is 0 Å². The van der Waals surface area contributed by atoms with Gasteiger partial charge in [0.2, 0.25) is 0 Å². The summed E-state index contributed by atoms with van der Waals surface area (Å²) in [4.78, 5) is 0. The largest absolute Gasteiger partial charge is 0.417 e. The van der Waals surface area contributed by atoms with Gasteiger partial charge in [0.25, 0.3) is 0 Å². The molecule has 0 atom stereocenters. The van der Waals surface area contributed by atoms with Gasteiger partial charge in [-0.3, -0.25) is 0 Å². The zero-order chi connectivity index (χ0) is 9.12. The van der Waals surface area contributed by atoms with E-state index in [1.165, 1.54) is 0 Å². The maximum Gasteiger partial charge on any atom is 0.193 e. The molecule has 0 radical (unpaired) electrons. The van der Waals surface area contributed by atoms with E-state index in [9.17, 15) is 0 Å². The average Bonchev–Trinajstić information content (AvgIpc) is 1.87. The summed E-state index contributed by atoms with van der Waals surface area (Å²) < 4.78 is 5.79. The van der Waals surface area contributed by atoms with Crippen LogP contribution in [0, 0.1) is 0 Å². The Kier molecular flexibility index (Phi) is 4.30. The van der Waals surface area contributed by atoms with Gasteiger partial charge in [0.05, 0.1) is 0 Å². The highest BCUT2D eigenvalue weighted by molar-refractivity contribution is 9.09. The van der Waals surface area contributed by atoms with Crippen LogP contribution >= 0.6 is 15.9 Å². The van der Waals surface area contributed by atoms with Gasteiger partial charge >= 0.3 is 0 Å². The molecule has 1 nitrogen and oxygen atoms in total. The van der Waals surface area contributed by atoms with Crippen LogP contribution in [0.3, 0.4) is 0 Å². The summed E-state index contributed by atoms with van der Waals surface area (Å²) in [6.07, 6.45) is 0. The SMILES string of the molecule is CCO[Si](C)(C)C(C)(C)CBr. The summed E-state index contributed by atoms with van der Waals surface area (Å²) in [5.41, 5.74) is 0. The number of hydrogen-bond acceptors (Lipinski definition) is 1. The average molecular weight is 239 g/mol. The number of hydrogen-bond donors (Lipinski definition) is 0. The van der Waals surface area contributed by atoms with Crippen molar-refractivity contribution in [3.8, 4) is 0 Å². The second-order valence-electron chi connectivity index (χ2n) is 3.96. The molecule has 0 saturated heterocycles. The molecule has 0 aliphatic carbocycles. The molecule has 0 aromatic heterocycles. The Balaban J connectivity index is 4.26. The van der Waals surface area contributed by atoms with Crippen LogP contribution in [-0.4, -0.2) is 20.3 Å². The fraction of sp³-hybridized carbons (Fsp3) is 1.00. The first-order chi connectivity index (χ1) is 4.87. The lowest BCUT2D eigenvalue weighted by molar-refractivity contribution is 0.309. The molecule has 0 fully saturated rings. The summed E-state index contributed by atoms with van der Waals surface area (Å²) >= 11 is 3.53. The van der Waals surface area contributed by atoms with Crippen molar-refractivity contribution in [2.75, 3.05) is 11.9 Å². The molecule has 0 amide bonds. The second-order valence-corrected chi connectivity index (χ2v) is 9.18. The van der Waals surface area contributed by atoms with E-state index in [1.54, 1.807) is 0 Å². The molecule has 0 rings (SSSR count). The van der Waals surface area contributed by atoms with Crippen LogP contribution in [0.1, 0.15) is 20.8 Å². The van der Waals surface area contributed by atoms with Crippen molar-refractivity contribution >= 4 is 24.2 Å². The maximum atomic E-state index is 5.79. The highest BCUT2D eigenvalue weighted by Crippen LogP contribution is 2.38. The van der Waals surface area contributed by atoms with Crippen LogP contribution in [0.5, 0.6) is 0 Å². The first kappa shape index (κ1) is 11.7. The first-order valence-electron chi connectivity index (χ1n) is 4.07. The van der Waals surface area contributed by atoms with Gasteiger partial charge in [-0.2, -0.15) is 0 Å². The molecule has 0 unspecified atom stereocenters. The smallest absolute Gasteiger partial charge is 0.193 e. The van der Waals surface area contributed by atoms with Gasteiger partial charge in [-0.25, -0.2) is 0 Å². The molecule has 0 spiro atoms. The Morgan fingerprint density at radius 1 is 1.36 bits per heavy atom. The fourth-order valence-corrected chi connectivity index (χ4v) is 4.18. The van der Waals surface area contributed by atoms with Gasteiger partial charge in [0.15, 0.2) is 8.32 Å². The molecule has 0 N–H and O–H groups in total. The second kappa shape index (κ2) is 4.05. The minimum atomic E-state index is -1.48. The number of alkyl halides is 1. The molecular weight excluding hydrogens is 220 g/mol. The van der Waals surface area contributed by atoms with Crippen LogP contribution < -0.4 is 0 Å². The van der Waals surface area contributed by atoms with Crippen LogP contribution in [0.25, 0.3) is 0 Å². The predicted molar refractivity (Wildman–Crippen MR) is 56.9 cm³/mol. The minimum absolute atomic E-state index is 0.322. The molecule has 0 heterocycles. The van der Waals surface area contributed by atoms with E-state index in [0.717, 1.165) is 11.9 Å². The van der Waals surface area contributed by atoms with E-state index < -0.39 is 8.32 Å². The van der Waals surface area contributed by atoms with E-state index in [1.807, 2.05) is 0 Å². The summed E-state index contributed by atoms with van der Waals surface area (Å²) in [5, 5.41) is 1.35. The van der Waals surface area contributed by atoms with Gasteiger partial charge in [-0.1, -0.05) is 29.8 Å². The highest BCUT2D eigenvalue weighted by Gasteiger charge is 2.39. The molecular formula is C8H19BrOSi. The summed E-state index contributed by atoms with van der Waals surface area (Å²) in [6, 6.07) is 0. The molecule has 0 aliphatic rings. The molecule has 0 aliphatic heterocycles. The van der Waals surface area contributed by atoms with E-state index in [0.29, 0.717) is 5.04 Å². The lowest BCUT2D eigenvalue weighted by atomic mass is 10.2. The summed E-state index contributed by atoms with van der Waals surface area (Å²) in [6.45, 7) is 12.0. The van der Waals surface area contributed by atoms with Crippen LogP contribution in [-0.2, 0) is 4.43 Å². The Hall–Kier alpha value is 0.657. The van der Waals surface area contributed by atoms with Crippen LogP contribution in [0.2, 0.25) is 18.1 Å². The van der Waals surface area contributed by atoms with Crippen molar-refractivity contribution in [1.82, 2.24) is 0 Å². The van der Waals surface area contributed by atoms with Crippen molar-refractivity contribution in [3.63, 3.8) is 0 Å². The lowest BCUT2D eigenvalue weighted by Gasteiger charge is -2.37. The third kappa shape index (κ3) is 2.88. The van der Waals surface area contributed by atoms with Crippen molar-refractivity contribution in [2.24, 2.45) is 0 Å². The molecule has 0 aromatic rings. The monoisotopic (exact) mass is 238 g/mol. The van der Waals surface area contributed by atoms with Crippen LogP contribution in [0.15, 0.2) is 0 Å². The van der Waals surface area contributed by atoms with Crippen molar-refractivity contribution in [2.45, 2.75) is 38.9 Å².